The van der Waals surface area contributed by atoms with Crippen LogP contribution in [0.25, 0.3) is 0 Å². The fourth-order valence-corrected chi connectivity index (χ4v) is 3.77. The quantitative estimate of drug-likeness (QED) is 0.803. The third kappa shape index (κ3) is 4.17. The SMILES string of the molecule is CC(NCC1(CO)CCCCC1)C1CCN(C)CC1. The molecule has 0 aromatic rings. The normalized spacial score (nSPS) is 27.3. The highest BCUT2D eigenvalue weighted by atomic mass is 16.3. The van der Waals surface area contributed by atoms with Crippen molar-refractivity contribution in [2.75, 3.05) is 33.3 Å². The van der Waals surface area contributed by atoms with Gasteiger partial charge in [-0.05, 0) is 58.7 Å². The zero-order chi connectivity index (χ0) is 13.7. The molecule has 1 atom stereocenters. The van der Waals surface area contributed by atoms with E-state index in [1.807, 2.05) is 0 Å². The van der Waals surface area contributed by atoms with Gasteiger partial charge in [0, 0.05) is 24.6 Å². The second kappa shape index (κ2) is 7.05. The third-order valence-corrected chi connectivity index (χ3v) is 5.52. The Morgan fingerprint density at radius 1 is 1.21 bits per heavy atom. The standard InChI is InChI=1S/C16H32N2O/c1-14(15-6-10-18(2)11-7-15)17-12-16(13-19)8-4-3-5-9-16/h14-15,17,19H,3-13H2,1-2H3. The van der Waals surface area contributed by atoms with E-state index in [1.54, 1.807) is 0 Å². The Hall–Kier alpha value is -0.120. The number of aliphatic hydroxyl groups excluding tert-OH is 1. The molecule has 1 aliphatic carbocycles. The van der Waals surface area contributed by atoms with Crippen LogP contribution < -0.4 is 5.32 Å². The minimum absolute atomic E-state index is 0.179. The Labute approximate surface area is 118 Å². The summed E-state index contributed by atoms with van der Waals surface area (Å²) in [5.41, 5.74) is 0.179. The summed E-state index contributed by atoms with van der Waals surface area (Å²) in [4.78, 5) is 2.43. The topological polar surface area (TPSA) is 35.5 Å². The molecule has 3 heteroatoms. The van der Waals surface area contributed by atoms with Crippen LogP contribution >= 0.6 is 0 Å². The first-order valence-electron chi connectivity index (χ1n) is 8.18. The summed E-state index contributed by atoms with van der Waals surface area (Å²) in [5.74, 6) is 0.815. The lowest BCUT2D eigenvalue weighted by Gasteiger charge is -2.39. The molecular formula is C16H32N2O. The molecule has 2 rings (SSSR count). The molecule has 1 heterocycles. The van der Waals surface area contributed by atoms with E-state index in [0.717, 1.165) is 12.5 Å². The van der Waals surface area contributed by atoms with Crippen LogP contribution in [-0.4, -0.2) is 49.3 Å². The van der Waals surface area contributed by atoms with Crippen LogP contribution in [0.15, 0.2) is 0 Å². The lowest BCUT2D eigenvalue weighted by atomic mass is 9.74. The van der Waals surface area contributed by atoms with Crippen molar-refractivity contribution in [3.05, 3.63) is 0 Å². The summed E-state index contributed by atoms with van der Waals surface area (Å²) in [5, 5.41) is 13.5. The van der Waals surface area contributed by atoms with E-state index in [1.165, 1.54) is 58.0 Å². The summed E-state index contributed by atoms with van der Waals surface area (Å²) in [6, 6.07) is 0.596. The predicted octanol–water partition coefficient (Wildman–Crippen LogP) is 2.25. The molecule has 112 valence electrons. The molecule has 2 N–H and O–H groups in total. The first-order chi connectivity index (χ1) is 9.15. The van der Waals surface area contributed by atoms with E-state index in [2.05, 4.69) is 24.2 Å². The molecule has 1 aliphatic heterocycles. The van der Waals surface area contributed by atoms with Gasteiger partial charge in [-0.2, -0.15) is 0 Å². The molecular weight excluding hydrogens is 236 g/mol. The average Bonchev–Trinajstić information content (AvgIpc) is 2.46. The molecule has 3 nitrogen and oxygen atoms in total. The number of nitrogens with one attached hydrogen (secondary N) is 1. The number of nitrogens with zero attached hydrogens (tertiary/aromatic N) is 1. The van der Waals surface area contributed by atoms with Gasteiger partial charge in [-0.15, -0.1) is 0 Å². The zero-order valence-corrected chi connectivity index (χ0v) is 12.8. The second-order valence-corrected chi connectivity index (χ2v) is 7.03. The Morgan fingerprint density at radius 3 is 2.42 bits per heavy atom. The van der Waals surface area contributed by atoms with Gasteiger partial charge in [-0.25, -0.2) is 0 Å². The van der Waals surface area contributed by atoms with Gasteiger partial charge in [0.2, 0.25) is 0 Å². The lowest BCUT2D eigenvalue weighted by molar-refractivity contribution is 0.0737. The molecule has 1 unspecified atom stereocenters. The van der Waals surface area contributed by atoms with Gasteiger partial charge in [-0.1, -0.05) is 19.3 Å². The summed E-state index contributed by atoms with van der Waals surface area (Å²) in [6.07, 6.45) is 8.99. The fourth-order valence-electron chi connectivity index (χ4n) is 3.77. The van der Waals surface area contributed by atoms with Crippen LogP contribution in [0, 0.1) is 11.3 Å². The molecule has 0 radical (unpaired) electrons. The number of piperidine rings is 1. The van der Waals surface area contributed by atoms with Crippen LogP contribution in [0.4, 0.5) is 0 Å². The van der Waals surface area contributed by atoms with E-state index >= 15 is 0 Å². The fraction of sp³-hybridized carbons (Fsp3) is 1.00. The maximum atomic E-state index is 9.75. The Balaban J connectivity index is 1.77. The average molecular weight is 268 g/mol. The van der Waals surface area contributed by atoms with Crippen molar-refractivity contribution in [2.24, 2.45) is 11.3 Å². The minimum Gasteiger partial charge on any atom is -0.396 e. The van der Waals surface area contributed by atoms with Crippen molar-refractivity contribution < 1.29 is 5.11 Å². The van der Waals surface area contributed by atoms with Crippen molar-refractivity contribution in [2.45, 2.75) is 57.9 Å². The number of rotatable bonds is 5. The number of hydrogen-bond donors (Lipinski definition) is 2. The van der Waals surface area contributed by atoms with Crippen LogP contribution in [0.5, 0.6) is 0 Å². The smallest absolute Gasteiger partial charge is 0.0499 e. The minimum atomic E-state index is 0.179. The summed E-state index contributed by atoms with van der Waals surface area (Å²) < 4.78 is 0. The highest BCUT2D eigenvalue weighted by molar-refractivity contribution is 4.87. The lowest BCUT2D eigenvalue weighted by Crippen LogP contribution is -2.46. The van der Waals surface area contributed by atoms with Gasteiger partial charge in [0.15, 0.2) is 0 Å². The first-order valence-corrected chi connectivity index (χ1v) is 8.18. The van der Waals surface area contributed by atoms with E-state index in [9.17, 15) is 5.11 Å². The van der Waals surface area contributed by atoms with Gasteiger partial charge in [-0.3, -0.25) is 0 Å². The number of aliphatic hydroxyl groups is 1. The molecule has 19 heavy (non-hydrogen) atoms. The molecule has 0 aromatic heterocycles. The zero-order valence-electron chi connectivity index (χ0n) is 12.8. The predicted molar refractivity (Wildman–Crippen MR) is 80.3 cm³/mol. The molecule has 1 saturated heterocycles. The van der Waals surface area contributed by atoms with Gasteiger partial charge < -0.3 is 15.3 Å². The summed E-state index contributed by atoms with van der Waals surface area (Å²) in [7, 11) is 2.22. The molecule has 0 amide bonds. The first kappa shape index (κ1) is 15.3. The van der Waals surface area contributed by atoms with Crippen LogP contribution in [0.3, 0.4) is 0 Å². The van der Waals surface area contributed by atoms with Gasteiger partial charge in [0.25, 0.3) is 0 Å². The summed E-state index contributed by atoms with van der Waals surface area (Å²) in [6.45, 7) is 6.19. The highest BCUT2D eigenvalue weighted by Gasteiger charge is 2.32. The van der Waals surface area contributed by atoms with Gasteiger partial charge in [0.05, 0.1) is 0 Å². The largest absolute Gasteiger partial charge is 0.396 e. The van der Waals surface area contributed by atoms with Crippen LogP contribution in [0.1, 0.15) is 51.9 Å². The molecule has 0 aromatic carbocycles. The van der Waals surface area contributed by atoms with E-state index in [4.69, 9.17) is 0 Å². The summed E-state index contributed by atoms with van der Waals surface area (Å²) >= 11 is 0. The van der Waals surface area contributed by atoms with Crippen molar-refractivity contribution in [3.8, 4) is 0 Å². The molecule has 1 saturated carbocycles. The second-order valence-electron chi connectivity index (χ2n) is 7.03. The molecule has 0 spiro atoms. The number of likely N-dealkylation sites (tertiary alicyclic amines) is 1. The van der Waals surface area contributed by atoms with Gasteiger partial charge in [0.1, 0.15) is 0 Å². The van der Waals surface area contributed by atoms with Crippen LogP contribution in [-0.2, 0) is 0 Å². The van der Waals surface area contributed by atoms with Crippen molar-refractivity contribution in [1.82, 2.24) is 10.2 Å². The van der Waals surface area contributed by atoms with E-state index < -0.39 is 0 Å². The Morgan fingerprint density at radius 2 is 1.84 bits per heavy atom. The third-order valence-electron chi connectivity index (χ3n) is 5.52. The van der Waals surface area contributed by atoms with Crippen molar-refractivity contribution in [3.63, 3.8) is 0 Å². The van der Waals surface area contributed by atoms with Gasteiger partial charge >= 0.3 is 0 Å². The molecule has 2 fully saturated rings. The maximum absolute atomic E-state index is 9.75. The van der Waals surface area contributed by atoms with E-state index in [-0.39, 0.29) is 5.41 Å². The highest BCUT2D eigenvalue weighted by Crippen LogP contribution is 2.35. The Bertz CT molecular complexity index is 255. The van der Waals surface area contributed by atoms with Crippen molar-refractivity contribution >= 4 is 0 Å². The Kier molecular flexibility index (Phi) is 5.67. The van der Waals surface area contributed by atoms with E-state index in [0.29, 0.717) is 12.6 Å². The monoisotopic (exact) mass is 268 g/mol. The molecule has 0 bridgehead atoms. The maximum Gasteiger partial charge on any atom is 0.0499 e. The number of hydrogen-bond acceptors (Lipinski definition) is 3. The van der Waals surface area contributed by atoms with Crippen LogP contribution in [0.2, 0.25) is 0 Å². The molecule has 2 aliphatic rings. The van der Waals surface area contributed by atoms with Crippen molar-refractivity contribution in [1.29, 1.82) is 0 Å².